The first-order valence-electron chi connectivity index (χ1n) is 23.1. The van der Waals surface area contributed by atoms with Gasteiger partial charge in [-0.05, 0) is 131 Å². The Labute approximate surface area is 382 Å². The van der Waals surface area contributed by atoms with E-state index in [2.05, 4.69) is 107 Å². The summed E-state index contributed by atoms with van der Waals surface area (Å²) in [4.78, 5) is 12.2. The first kappa shape index (κ1) is 58.2. The maximum absolute atomic E-state index is 12.2. The molecule has 5 atom stereocenters. The van der Waals surface area contributed by atoms with Crippen LogP contribution in [-0.2, 0) is 29.4 Å². The van der Waals surface area contributed by atoms with Crippen molar-refractivity contribution in [1.82, 2.24) is 5.32 Å². The van der Waals surface area contributed by atoms with Crippen molar-refractivity contribution in [2.24, 2.45) is 0 Å². The molecule has 0 heterocycles. The summed E-state index contributed by atoms with van der Waals surface area (Å²) >= 11 is 0. The van der Waals surface area contributed by atoms with Crippen LogP contribution in [0.5, 0.6) is 5.75 Å². The van der Waals surface area contributed by atoms with Gasteiger partial charge in [0.25, 0.3) is 0 Å². The Morgan fingerprint density at radius 1 is 0.661 bits per heavy atom. The van der Waals surface area contributed by atoms with Crippen molar-refractivity contribution in [1.29, 1.82) is 0 Å². The van der Waals surface area contributed by atoms with Crippen LogP contribution in [0.25, 0.3) is 0 Å². The van der Waals surface area contributed by atoms with Crippen LogP contribution in [0.15, 0.2) is 48.6 Å². The molecule has 0 saturated carbocycles. The number of hydrogen-bond donors (Lipinski definition) is 3. The average Bonchev–Trinajstić information content (AvgIpc) is 3.09. The number of rotatable bonds is 26. The molecule has 1 rings (SSSR count). The van der Waals surface area contributed by atoms with Crippen molar-refractivity contribution in [2.75, 3.05) is 20.3 Å². The molecule has 10 nitrogen and oxygen atoms in total. The maximum atomic E-state index is 12.2. The lowest BCUT2D eigenvalue weighted by Crippen LogP contribution is -2.48. The highest BCUT2D eigenvalue weighted by Gasteiger charge is 2.43. The van der Waals surface area contributed by atoms with Crippen LogP contribution in [0, 0.1) is 0 Å². The van der Waals surface area contributed by atoms with Crippen LogP contribution >= 0.6 is 0 Å². The minimum atomic E-state index is -2.21. The Morgan fingerprint density at radius 2 is 1.15 bits per heavy atom. The molecule has 0 unspecified atom stereocenters. The van der Waals surface area contributed by atoms with Gasteiger partial charge in [-0.1, -0.05) is 98.8 Å². The highest BCUT2D eigenvalue weighted by molar-refractivity contribution is 6.75. The molecule has 0 aliphatic rings. The molecule has 0 aliphatic heterocycles. The minimum Gasteiger partial charge on any atom is -0.497 e. The molecule has 0 radical (unpaired) electrons. The SMILES string of the molecule is COc1ccc(COCC[C@@H](C[C@H](C[C@@H](O)/C=C/C[C@@H](O)/C=C/C[C@@H](CCCNC(=O)OC(C)(C)C)O[Si](C)(C)C(C)(C)C)O[Si](C)(C)C(C)(C)C)O[Si](C)(C)C(C)(C)C)cc1. The summed E-state index contributed by atoms with van der Waals surface area (Å²) in [6.07, 6.45) is 9.57. The number of methoxy groups -OCH3 is 1. The fourth-order valence-electron chi connectivity index (χ4n) is 5.87. The van der Waals surface area contributed by atoms with Gasteiger partial charge in [0.1, 0.15) is 11.4 Å². The predicted molar refractivity (Wildman–Crippen MR) is 266 cm³/mol. The van der Waals surface area contributed by atoms with Gasteiger partial charge in [0.2, 0.25) is 0 Å². The topological polar surface area (TPSA) is 125 Å². The number of aliphatic hydroxyl groups excluding tert-OH is 2. The largest absolute Gasteiger partial charge is 0.497 e. The minimum absolute atomic E-state index is 0.00848. The highest BCUT2D eigenvalue weighted by atomic mass is 28.4. The molecule has 1 aromatic rings. The smallest absolute Gasteiger partial charge is 0.407 e. The van der Waals surface area contributed by atoms with Gasteiger partial charge in [-0.3, -0.25) is 0 Å². The van der Waals surface area contributed by atoms with E-state index in [0.29, 0.717) is 45.4 Å². The average molecular weight is 925 g/mol. The summed E-state index contributed by atoms with van der Waals surface area (Å²) < 4.78 is 37.8. The molecule has 360 valence electrons. The number of amides is 1. The molecule has 0 aliphatic carbocycles. The zero-order valence-corrected chi connectivity index (χ0v) is 45.8. The summed E-state index contributed by atoms with van der Waals surface area (Å²) in [5.74, 6) is 0.821. The standard InChI is InChI=1S/C49H93NO9Si3/c1-46(2,3)56-45(53)50-33-22-27-42(57-60(14,15)47(4,5)6)26-21-24-39(51)23-20-25-40(52)35-44(59-62(18,19)49(10,11)12)36-43(58-61(16,17)48(7,8)9)32-34-55-37-38-28-30-41(54-13)31-29-38/h20-21,24-25,28-31,39-40,42-44,51-52H,22-23,26-27,32-37H2,1-19H3,(H,50,53)/b24-21+,25-20+/t39-,40+,42+,43+,44+/m1/s1. The van der Waals surface area contributed by atoms with Gasteiger partial charge in [0.05, 0.1) is 32.0 Å². The fraction of sp³-hybridized carbons (Fsp3) is 0.776. The molecule has 13 heteroatoms. The van der Waals surface area contributed by atoms with Gasteiger partial charge in [0.15, 0.2) is 25.0 Å². The van der Waals surface area contributed by atoms with E-state index in [-0.39, 0.29) is 33.4 Å². The molecule has 0 spiro atoms. The first-order chi connectivity index (χ1) is 28.2. The molecular formula is C49H93NO9Si3. The fourth-order valence-corrected chi connectivity index (χ4v) is 10.0. The molecule has 62 heavy (non-hydrogen) atoms. The van der Waals surface area contributed by atoms with Gasteiger partial charge in [-0.2, -0.15) is 0 Å². The van der Waals surface area contributed by atoms with Crippen LogP contribution in [0.4, 0.5) is 4.79 Å². The third-order valence-corrected chi connectivity index (χ3v) is 26.3. The zero-order chi connectivity index (χ0) is 47.8. The summed E-state index contributed by atoms with van der Waals surface area (Å²) in [6.45, 7) is 40.9. The van der Waals surface area contributed by atoms with Gasteiger partial charge < -0.3 is 43.0 Å². The second kappa shape index (κ2) is 25.2. The Hall–Kier alpha value is -1.82. The Balaban J connectivity index is 3.08. The summed E-state index contributed by atoms with van der Waals surface area (Å²) in [7, 11) is -4.75. The number of hydrogen-bond acceptors (Lipinski definition) is 9. The van der Waals surface area contributed by atoms with Gasteiger partial charge in [-0.15, -0.1) is 0 Å². The van der Waals surface area contributed by atoms with Gasteiger partial charge in [0, 0.05) is 31.8 Å². The monoisotopic (exact) mass is 924 g/mol. The van der Waals surface area contributed by atoms with Crippen molar-refractivity contribution < 1.29 is 42.5 Å². The second-order valence-electron chi connectivity index (χ2n) is 22.7. The molecule has 0 fully saturated rings. The van der Waals surface area contributed by atoms with E-state index in [1.807, 2.05) is 63.3 Å². The third-order valence-electron chi connectivity index (χ3n) is 12.7. The quantitative estimate of drug-likeness (QED) is 0.0473. The molecule has 0 aromatic heterocycles. The molecule has 1 amide bonds. The number of carbonyl (C=O) groups excluding carboxylic acids is 1. The van der Waals surface area contributed by atoms with E-state index >= 15 is 0 Å². The number of nitrogens with one attached hydrogen (secondary N) is 1. The lowest BCUT2D eigenvalue weighted by Gasteiger charge is -2.43. The number of aliphatic hydroxyl groups is 2. The Bertz CT molecular complexity index is 1490. The summed E-state index contributed by atoms with van der Waals surface area (Å²) in [5.41, 5.74) is 0.543. The predicted octanol–water partition coefficient (Wildman–Crippen LogP) is 12.5. The van der Waals surface area contributed by atoms with Crippen LogP contribution < -0.4 is 10.1 Å². The lowest BCUT2D eigenvalue weighted by molar-refractivity contribution is 0.0366. The molecule has 0 saturated heterocycles. The molecular weight excluding hydrogens is 831 g/mol. The van der Waals surface area contributed by atoms with E-state index in [1.165, 1.54) is 0 Å². The van der Waals surface area contributed by atoms with Gasteiger partial charge >= 0.3 is 6.09 Å². The Kier molecular flexibility index (Phi) is 23.6. The number of carbonyl (C=O) groups is 1. The van der Waals surface area contributed by atoms with Gasteiger partial charge in [-0.25, -0.2) is 4.79 Å². The Morgan fingerprint density at radius 3 is 1.65 bits per heavy atom. The van der Waals surface area contributed by atoms with Crippen molar-refractivity contribution in [3.05, 3.63) is 54.1 Å². The molecule has 0 bridgehead atoms. The maximum Gasteiger partial charge on any atom is 0.407 e. The van der Waals surface area contributed by atoms with Crippen molar-refractivity contribution in [2.45, 2.75) is 225 Å². The van der Waals surface area contributed by atoms with Crippen molar-refractivity contribution in [3.63, 3.8) is 0 Å². The van der Waals surface area contributed by atoms with Crippen LogP contribution in [0.3, 0.4) is 0 Å². The number of benzene rings is 1. The number of ether oxygens (including phenoxy) is 3. The lowest BCUT2D eigenvalue weighted by atomic mass is 10.0. The van der Waals surface area contributed by atoms with E-state index < -0.39 is 48.9 Å². The van der Waals surface area contributed by atoms with E-state index in [1.54, 1.807) is 13.2 Å². The van der Waals surface area contributed by atoms with E-state index in [4.69, 9.17) is 27.5 Å². The zero-order valence-electron chi connectivity index (χ0n) is 42.8. The number of alkyl carbamates (subject to hydrolysis) is 1. The van der Waals surface area contributed by atoms with Crippen molar-refractivity contribution >= 4 is 31.0 Å². The first-order valence-corrected chi connectivity index (χ1v) is 31.8. The molecule has 1 aromatic carbocycles. The molecule has 3 N–H and O–H groups in total. The van der Waals surface area contributed by atoms with Crippen LogP contribution in [0.2, 0.25) is 54.4 Å². The normalized spacial score (nSPS) is 16.3. The second-order valence-corrected chi connectivity index (χ2v) is 37.0. The highest BCUT2D eigenvalue weighted by Crippen LogP contribution is 2.41. The summed E-state index contributed by atoms with van der Waals surface area (Å²) in [6, 6.07) is 7.94. The van der Waals surface area contributed by atoms with Crippen molar-refractivity contribution in [3.8, 4) is 5.75 Å². The van der Waals surface area contributed by atoms with E-state index in [9.17, 15) is 15.0 Å². The van der Waals surface area contributed by atoms with E-state index in [0.717, 1.165) is 30.6 Å². The van der Waals surface area contributed by atoms with Crippen LogP contribution in [0.1, 0.15) is 134 Å². The summed E-state index contributed by atoms with van der Waals surface area (Å²) in [5, 5.41) is 25.3. The van der Waals surface area contributed by atoms with Crippen LogP contribution in [-0.4, -0.2) is 97.6 Å². The third kappa shape index (κ3) is 22.9.